The van der Waals surface area contributed by atoms with Gasteiger partial charge in [0.1, 0.15) is 5.84 Å². The highest BCUT2D eigenvalue weighted by Gasteiger charge is 2.35. The second-order valence-electron chi connectivity index (χ2n) is 17.7. The quantitative estimate of drug-likeness (QED) is 0.126. The third-order valence-electron chi connectivity index (χ3n) is 12.7. The summed E-state index contributed by atoms with van der Waals surface area (Å²) >= 11 is 0. The summed E-state index contributed by atoms with van der Waals surface area (Å²) in [7, 11) is 1.68. The van der Waals surface area contributed by atoms with E-state index in [2.05, 4.69) is 216 Å². The second kappa shape index (κ2) is 23.5. The molecule has 0 spiro atoms. The standard InChI is InChI=1S/C24H24.C19H15N.C11H16.C8H10N2.C2H6/c1-5-17-10-6-7-11-18(17)20-15-23-21(14-16(20)2)19-12-8-9-13-22(19)24(23,3)4;1-14-7-6-8-15(13-14)20-18-11-4-2-9-16(18)17-10-3-5-12-19(17)20;1-3-4-5-11-8-6-10(2)7-9-11;1-10-8(9)7-5-3-2-4-6-7;1-2/h6-15H,5H2,1-4H3;2-13H,1H3;6-9H,3-5H2,1-2H3;2-6H,1H3,(H2,9,10);1-2H3. The summed E-state index contributed by atoms with van der Waals surface area (Å²) in [5, 5.41) is 2.62. The van der Waals surface area contributed by atoms with Crippen molar-refractivity contribution in [1.82, 2.24) is 4.57 Å². The molecule has 0 atom stereocenters. The van der Waals surface area contributed by atoms with Crippen molar-refractivity contribution in [3.05, 3.63) is 233 Å². The fraction of sp³-hybridized carbons (Fsp3) is 0.234. The molecule has 0 radical (unpaired) electrons. The van der Waals surface area contributed by atoms with E-state index in [1.807, 2.05) is 44.2 Å². The van der Waals surface area contributed by atoms with Crippen molar-refractivity contribution in [3.63, 3.8) is 0 Å². The first-order valence-corrected chi connectivity index (χ1v) is 24.3. The molecular formula is C64H71N3. The number of aromatic nitrogens is 1. The van der Waals surface area contributed by atoms with E-state index in [1.54, 1.807) is 7.05 Å². The Hall–Kier alpha value is -6.97. The van der Waals surface area contributed by atoms with E-state index in [4.69, 9.17) is 5.73 Å². The van der Waals surface area contributed by atoms with E-state index in [0.29, 0.717) is 5.84 Å². The zero-order chi connectivity index (χ0) is 47.9. The highest BCUT2D eigenvalue weighted by atomic mass is 15.0. The number of aliphatic imine (C=N–C) groups is 1. The van der Waals surface area contributed by atoms with Gasteiger partial charge in [0.25, 0.3) is 0 Å². The maximum atomic E-state index is 5.54. The van der Waals surface area contributed by atoms with Crippen LogP contribution in [0, 0.1) is 20.8 Å². The molecule has 67 heavy (non-hydrogen) atoms. The third-order valence-corrected chi connectivity index (χ3v) is 12.7. The summed E-state index contributed by atoms with van der Waals surface area (Å²) in [4.78, 5) is 3.85. The largest absolute Gasteiger partial charge is 0.384 e. The van der Waals surface area contributed by atoms with Crippen LogP contribution in [0.5, 0.6) is 0 Å². The topological polar surface area (TPSA) is 43.3 Å². The van der Waals surface area contributed by atoms with Crippen LogP contribution in [0.25, 0.3) is 49.7 Å². The van der Waals surface area contributed by atoms with Crippen LogP contribution in [-0.2, 0) is 18.3 Å². The van der Waals surface area contributed by atoms with Gasteiger partial charge in [0.15, 0.2) is 0 Å². The Bertz CT molecular complexity index is 2970. The predicted molar refractivity (Wildman–Crippen MR) is 293 cm³/mol. The van der Waals surface area contributed by atoms with Crippen LogP contribution in [0.4, 0.5) is 0 Å². The Morgan fingerprint density at radius 3 is 1.73 bits per heavy atom. The molecule has 3 heteroatoms. The molecule has 1 aliphatic rings. The molecule has 0 amide bonds. The van der Waals surface area contributed by atoms with Crippen molar-refractivity contribution in [1.29, 1.82) is 0 Å². The lowest BCUT2D eigenvalue weighted by Crippen LogP contribution is -2.15. The van der Waals surface area contributed by atoms with Crippen molar-refractivity contribution in [2.45, 2.75) is 93.4 Å². The number of nitrogens with two attached hydrogens (primary N) is 1. The number of amidine groups is 1. The highest BCUT2D eigenvalue weighted by molar-refractivity contribution is 6.09. The van der Waals surface area contributed by atoms with Gasteiger partial charge in [-0.1, -0.05) is 211 Å². The summed E-state index contributed by atoms with van der Waals surface area (Å²) < 4.78 is 2.34. The molecule has 1 aromatic heterocycles. The molecule has 1 heterocycles. The van der Waals surface area contributed by atoms with Gasteiger partial charge in [-0.3, -0.25) is 4.99 Å². The zero-order valence-electron chi connectivity index (χ0n) is 41.7. The number of para-hydroxylation sites is 2. The number of benzene rings is 8. The first-order chi connectivity index (χ1) is 32.5. The Kier molecular flexibility index (Phi) is 17.3. The smallest absolute Gasteiger partial charge is 0.125 e. The van der Waals surface area contributed by atoms with Crippen molar-refractivity contribution < 1.29 is 0 Å². The molecule has 1 aliphatic carbocycles. The van der Waals surface area contributed by atoms with Crippen molar-refractivity contribution in [2.75, 3.05) is 7.05 Å². The summed E-state index contributed by atoms with van der Waals surface area (Å²) in [6.07, 6.45) is 4.89. The molecular weight excluding hydrogens is 811 g/mol. The fourth-order valence-electron chi connectivity index (χ4n) is 9.08. The van der Waals surface area contributed by atoms with Crippen molar-refractivity contribution >= 4 is 27.6 Å². The van der Waals surface area contributed by atoms with Crippen molar-refractivity contribution in [3.8, 4) is 27.9 Å². The molecule has 342 valence electrons. The molecule has 0 fully saturated rings. The molecule has 3 nitrogen and oxygen atoms in total. The summed E-state index contributed by atoms with van der Waals surface area (Å²) in [5.74, 6) is 0.584. The fourth-order valence-corrected chi connectivity index (χ4v) is 9.08. The van der Waals surface area contributed by atoms with Gasteiger partial charge in [0, 0.05) is 34.5 Å². The number of fused-ring (bicyclic) bond motifs is 6. The predicted octanol–water partition coefficient (Wildman–Crippen LogP) is 17.0. The minimum atomic E-state index is 0.0650. The minimum Gasteiger partial charge on any atom is -0.384 e. The molecule has 0 unspecified atom stereocenters. The van der Waals surface area contributed by atoms with Crippen LogP contribution in [0.2, 0.25) is 0 Å². The third kappa shape index (κ3) is 11.5. The number of hydrogen-bond donors (Lipinski definition) is 1. The van der Waals surface area contributed by atoms with Gasteiger partial charge >= 0.3 is 0 Å². The number of unbranched alkanes of at least 4 members (excludes halogenated alkanes) is 1. The van der Waals surface area contributed by atoms with E-state index in [-0.39, 0.29) is 5.41 Å². The highest BCUT2D eigenvalue weighted by Crippen LogP contribution is 2.50. The minimum absolute atomic E-state index is 0.0650. The average Bonchev–Trinajstić information content (AvgIpc) is 3.82. The normalized spacial score (nSPS) is 11.9. The summed E-state index contributed by atoms with van der Waals surface area (Å²) in [6, 6.07) is 66.9. The number of hydrogen-bond acceptors (Lipinski definition) is 1. The van der Waals surface area contributed by atoms with Gasteiger partial charge in [-0.05, 0) is 126 Å². The van der Waals surface area contributed by atoms with E-state index in [9.17, 15) is 0 Å². The lowest BCUT2D eigenvalue weighted by Gasteiger charge is -2.23. The maximum absolute atomic E-state index is 5.54. The first-order valence-electron chi connectivity index (χ1n) is 24.3. The van der Waals surface area contributed by atoms with Crippen LogP contribution >= 0.6 is 0 Å². The molecule has 0 aliphatic heterocycles. The van der Waals surface area contributed by atoms with Gasteiger partial charge < -0.3 is 10.3 Å². The lowest BCUT2D eigenvalue weighted by molar-refractivity contribution is 0.660. The first kappa shape index (κ1) is 49.5. The van der Waals surface area contributed by atoms with Crippen LogP contribution in [-0.4, -0.2) is 17.5 Å². The van der Waals surface area contributed by atoms with E-state index >= 15 is 0 Å². The summed E-state index contributed by atoms with van der Waals surface area (Å²) in [6.45, 7) is 19.7. The van der Waals surface area contributed by atoms with Crippen LogP contribution in [0.3, 0.4) is 0 Å². The van der Waals surface area contributed by atoms with Gasteiger partial charge in [-0.15, -0.1) is 0 Å². The molecule has 0 bridgehead atoms. The van der Waals surface area contributed by atoms with Gasteiger partial charge in [-0.2, -0.15) is 0 Å². The van der Waals surface area contributed by atoms with E-state index < -0.39 is 0 Å². The monoisotopic (exact) mass is 882 g/mol. The Balaban J connectivity index is 0.000000155. The van der Waals surface area contributed by atoms with Crippen LogP contribution in [0.1, 0.15) is 98.9 Å². The van der Waals surface area contributed by atoms with Crippen LogP contribution in [0.15, 0.2) is 193 Å². The molecule has 10 rings (SSSR count). The second-order valence-corrected chi connectivity index (χ2v) is 17.7. The Morgan fingerprint density at radius 2 is 1.12 bits per heavy atom. The van der Waals surface area contributed by atoms with Crippen LogP contribution < -0.4 is 5.73 Å². The van der Waals surface area contributed by atoms with E-state index in [1.165, 1.54) is 108 Å². The van der Waals surface area contributed by atoms with Crippen molar-refractivity contribution in [2.24, 2.45) is 10.7 Å². The number of aryl methyl sites for hydroxylation is 5. The Morgan fingerprint density at radius 1 is 0.537 bits per heavy atom. The molecule has 8 aromatic carbocycles. The van der Waals surface area contributed by atoms with Gasteiger partial charge in [0.05, 0.1) is 11.0 Å². The molecule has 2 N–H and O–H groups in total. The maximum Gasteiger partial charge on any atom is 0.125 e. The van der Waals surface area contributed by atoms with E-state index in [0.717, 1.165) is 12.0 Å². The number of nitrogens with zero attached hydrogens (tertiary/aromatic N) is 2. The molecule has 0 saturated carbocycles. The molecule has 9 aromatic rings. The number of rotatable bonds is 7. The lowest BCUT2D eigenvalue weighted by atomic mass is 9.80. The van der Waals surface area contributed by atoms with Gasteiger partial charge in [0.2, 0.25) is 0 Å². The SMILES string of the molecule is CC.CCCCc1ccc(C)cc1.CCc1ccccc1-c1cc2c(cc1C)-c1ccccc1C2(C)C.CN=C(N)c1ccccc1.Cc1cccc(-n2c3ccccc3c3ccccc32)c1. The average molecular weight is 882 g/mol. The molecule has 0 saturated heterocycles. The van der Waals surface area contributed by atoms with Gasteiger partial charge in [-0.25, -0.2) is 0 Å². The Labute approximate surface area is 402 Å². The zero-order valence-corrected chi connectivity index (χ0v) is 41.7. The summed E-state index contributed by atoms with van der Waals surface area (Å²) in [5.41, 5.74) is 25.7.